The molecule has 2 N–H and O–H groups in total. The molecule has 1 saturated carbocycles. The highest BCUT2D eigenvalue weighted by molar-refractivity contribution is 4.92. The third-order valence-corrected chi connectivity index (χ3v) is 3.02. The van der Waals surface area contributed by atoms with Crippen LogP contribution in [0.15, 0.2) is 0 Å². The van der Waals surface area contributed by atoms with Gasteiger partial charge in [-0.2, -0.15) is 0 Å². The van der Waals surface area contributed by atoms with Gasteiger partial charge in [0.15, 0.2) is 0 Å². The maximum absolute atomic E-state index is 6.06. The molecular weight excluding hydrogens is 134 g/mol. The van der Waals surface area contributed by atoms with E-state index in [4.69, 9.17) is 5.73 Å². The van der Waals surface area contributed by atoms with Crippen molar-refractivity contribution in [3.8, 4) is 0 Å². The van der Waals surface area contributed by atoms with Crippen molar-refractivity contribution in [2.75, 3.05) is 0 Å². The SMILES string of the molecule is CC1(C)CCC(C(C)(C)N)C1. The zero-order chi connectivity index (χ0) is 8.70. The summed E-state index contributed by atoms with van der Waals surface area (Å²) in [5.74, 6) is 0.734. The molecule has 0 radical (unpaired) electrons. The smallest absolute Gasteiger partial charge is 0.0126 e. The molecule has 1 rings (SSSR count). The van der Waals surface area contributed by atoms with Crippen LogP contribution in [-0.4, -0.2) is 5.54 Å². The number of hydrogen-bond acceptors (Lipinski definition) is 1. The van der Waals surface area contributed by atoms with Crippen LogP contribution in [0.1, 0.15) is 47.0 Å². The topological polar surface area (TPSA) is 26.0 Å². The van der Waals surface area contributed by atoms with Crippen LogP contribution >= 0.6 is 0 Å². The molecule has 0 saturated heterocycles. The molecule has 1 unspecified atom stereocenters. The molecule has 0 heterocycles. The molecule has 1 heteroatoms. The highest BCUT2D eigenvalue weighted by Gasteiger charge is 2.37. The minimum atomic E-state index is 0.0355. The third kappa shape index (κ3) is 2.19. The average molecular weight is 155 g/mol. The fourth-order valence-corrected chi connectivity index (χ4v) is 2.07. The van der Waals surface area contributed by atoms with Crippen molar-refractivity contribution in [3.63, 3.8) is 0 Å². The zero-order valence-corrected chi connectivity index (χ0v) is 8.28. The third-order valence-electron chi connectivity index (χ3n) is 3.02. The van der Waals surface area contributed by atoms with Crippen molar-refractivity contribution in [2.24, 2.45) is 17.1 Å². The van der Waals surface area contributed by atoms with Gasteiger partial charge in [0.2, 0.25) is 0 Å². The highest BCUT2D eigenvalue weighted by Crippen LogP contribution is 2.44. The Morgan fingerprint density at radius 1 is 1.36 bits per heavy atom. The lowest BCUT2D eigenvalue weighted by atomic mass is 9.83. The molecule has 0 aromatic rings. The summed E-state index contributed by atoms with van der Waals surface area (Å²) in [6, 6.07) is 0. The maximum Gasteiger partial charge on any atom is 0.0126 e. The Kier molecular flexibility index (Phi) is 2.04. The van der Waals surface area contributed by atoms with E-state index >= 15 is 0 Å². The first kappa shape index (κ1) is 9.05. The van der Waals surface area contributed by atoms with Gasteiger partial charge >= 0.3 is 0 Å². The van der Waals surface area contributed by atoms with Crippen molar-refractivity contribution in [2.45, 2.75) is 52.5 Å². The average Bonchev–Trinajstić information content (AvgIpc) is 2.07. The summed E-state index contributed by atoms with van der Waals surface area (Å²) in [5.41, 5.74) is 6.64. The van der Waals surface area contributed by atoms with Gasteiger partial charge < -0.3 is 5.73 Å². The Bertz CT molecular complexity index is 141. The number of nitrogens with two attached hydrogens (primary N) is 1. The van der Waals surface area contributed by atoms with Gasteiger partial charge in [-0.05, 0) is 44.4 Å². The Balaban J connectivity index is 2.55. The van der Waals surface area contributed by atoms with E-state index in [-0.39, 0.29) is 5.54 Å². The van der Waals surface area contributed by atoms with Crippen LogP contribution in [0.25, 0.3) is 0 Å². The molecule has 0 spiro atoms. The summed E-state index contributed by atoms with van der Waals surface area (Å²) in [4.78, 5) is 0. The van der Waals surface area contributed by atoms with Gasteiger partial charge in [-0.3, -0.25) is 0 Å². The Hall–Kier alpha value is -0.0400. The molecule has 0 aliphatic heterocycles. The predicted molar refractivity (Wildman–Crippen MR) is 49.4 cm³/mol. The summed E-state index contributed by atoms with van der Waals surface area (Å²) < 4.78 is 0. The summed E-state index contributed by atoms with van der Waals surface area (Å²) in [6.45, 7) is 9.00. The van der Waals surface area contributed by atoms with Gasteiger partial charge in [0.1, 0.15) is 0 Å². The monoisotopic (exact) mass is 155 g/mol. The van der Waals surface area contributed by atoms with E-state index in [2.05, 4.69) is 27.7 Å². The van der Waals surface area contributed by atoms with E-state index in [0.29, 0.717) is 5.41 Å². The molecule has 1 aliphatic carbocycles. The van der Waals surface area contributed by atoms with Gasteiger partial charge in [0.05, 0.1) is 0 Å². The molecule has 66 valence electrons. The first-order chi connectivity index (χ1) is 4.81. The summed E-state index contributed by atoms with van der Waals surface area (Å²) in [7, 11) is 0. The second-order valence-corrected chi connectivity index (χ2v) is 5.43. The van der Waals surface area contributed by atoms with Crippen molar-refractivity contribution in [1.29, 1.82) is 0 Å². The van der Waals surface area contributed by atoms with E-state index in [1.807, 2.05) is 0 Å². The lowest BCUT2D eigenvalue weighted by Crippen LogP contribution is -2.39. The molecule has 1 aliphatic rings. The minimum Gasteiger partial charge on any atom is -0.325 e. The van der Waals surface area contributed by atoms with Crippen molar-refractivity contribution < 1.29 is 0 Å². The van der Waals surface area contributed by atoms with Crippen LogP contribution < -0.4 is 5.73 Å². The molecule has 0 aromatic heterocycles. The van der Waals surface area contributed by atoms with E-state index in [1.54, 1.807) is 0 Å². The van der Waals surface area contributed by atoms with Gasteiger partial charge in [0.25, 0.3) is 0 Å². The lowest BCUT2D eigenvalue weighted by molar-refractivity contribution is 0.287. The molecular formula is C10H21N. The van der Waals surface area contributed by atoms with E-state index in [9.17, 15) is 0 Å². The standard InChI is InChI=1S/C10H21N/c1-9(2)6-5-8(7-9)10(3,4)11/h8H,5-7,11H2,1-4H3. The quantitative estimate of drug-likeness (QED) is 0.618. The summed E-state index contributed by atoms with van der Waals surface area (Å²) >= 11 is 0. The Morgan fingerprint density at radius 3 is 2.09 bits per heavy atom. The van der Waals surface area contributed by atoms with Crippen molar-refractivity contribution in [3.05, 3.63) is 0 Å². The second-order valence-electron chi connectivity index (χ2n) is 5.43. The first-order valence-electron chi connectivity index (χ1n) is 4.60. The van der Waals surface area contributed by atoms with Gasteiger partial charge in [-0.1, -0.05) is 13.8 Å². The fourth-order valence-electron chi connectivity index (χ4n) is 2.07. The van der Waals surface area contributed by atoms with Gasteiger partial charge in [-0.15, -0.1) is 0 Å². The number of rotatable bonds is 1. The largest absolute Gasteiger partial charge is 0.325 e. The normalized spacial score (nSPS) is 30.8. The maximum atomic E-state index is 6.06. The predicted octanol–water partition coefficient (Wildman–Crippen LogP) is 2.55. The van der Waals surface area contributed by atoms with Crippen molar-refractivity contribution in [1.82, 2.24) is 0 Å². The van der Waals surface area contributed by atoms with Gasteiger partial charge in [0, 0.05) is 5.54 Å². The fraction of sp³-hybridized carbons (Fsp3) is 1.00. The molecule has 0 aromatic carbocycles. The molecule has 0 amide bonds. The van der Waals surface area contributed by atoms with Crippen LogP contribution in [0.2, 0.25) is 0 Å². The van der Waals surface area contributed by atoms with Crippen LogP contribution in [0.4, 0.5) is 0 Å². The lowest BCUT2D eigenvalue weighted by Gasteiger charge is -2.28. The molecule has 1 fully saturated rings. The van der Waals surface area contributed by atoms with Crippen LogP contribution in [-0.2, 0) is 0 Å². The molecule has 11 heavy (non-hydrogen) atoms. The van der Waals surface area contributed by atoms with Crippen LogP contribution in [0.3, 0.4) is 0 Å². The zero-order valence-electron chi connectivity index (χ0n) is 8.28. The highest BCUT2D eigenvalue weighted by atomic mass is 14.7. The van der Waals surface area contributed by atoms with E-state index in [0.717, 1.165) is 5.92 Å². The molecule has 1 nitrogen and oxygen atoms in total. The molecule has 0 bridgehead atoms. The second kappa shape index (κ2) is 2.48. The minimum absolute atomic E-state index is 0.0355. The van der Waals surface area contributed by atoms with Crippen LogP contribution in [0.5, 0.6) is 0 Å². The Labute approximate surface area is 70.4 Å². The van der Waals surface area contributed by atoms with E-state index < -0.39 is 0 Å². The molecule has 1 atom stereocenters. The van der Waals surface area contributed by atoms with E-state index in [1.165, 1.54) is 19.3 Å². The first-order valence-corrected chi connectivity index (χ1v) is 4.60. The summed E-state index contributed by atoms with van der Waals surface area (Å²) in [5, 5.41) is 0. The number of hydrogen-bond donors (Lipinski definition) is 1. The summed E-state index contributed by atoms with van der Waals surface area (Å²) in [6.07, 6.45) is 3.96. The Morgan fingerprint density at radius 2 is 1.91 bits per heavy atom. The van der Waals surface area contributed by atoms with Gasteiger partial charge in [-0.25, -0.2) is 0 Å². The van der Waals surface area contributed by atoms with Crippen LogP contribution in [0, 0.1) is 11.3 Å². The van der Waals surface area contributed by atoms with Crippen molar-refractivity contribution >= 4 is 0 Å².